The van der Waals surface area contributed by atoms with E-state index in [-0.39, 0.29) is 29.5 Å². The molecule has 0 bridgehead atoms. The molecule has 2 saturated heterocycles. The number of esters is 3. The number of fused-ring (bicyclic) bond motifs is 4. The fourth-order valence-corrected chi connectivity index (χ4v) is 7.63. The number of rotatable bonds is 4. The fraction of sp³-hybridized carbons (Fsp3) is 0.792. The Morgan fingerprint density at radius 1 is 1.00 bits per heavy atom. The number of hydrogen-bond donors (Lipinski definition) is 0. The molecule has 184 valence electrons. The van der Waals surface area contributed by atoms with E-state index in [2.05, 4.69) is 35.6 Å². The second-order valence-electron chi connectivity index (χ2n) is 9.94. The van der Waals surface area contributed by atoms with Crippen molar-refractivity contribution in [1.29, 1.82) is 0 Å². The molecule has 0 unspecified atom stereocenters. The Balaban J connectivity index is 1.78. The SMILES string of the molecule is CC(=O)OC[C@H]1O[C@@H]2O[C@H]3CC(I)=CC4(CCCCC4)[C@]3(C)[C@@H]2[C@@H](OC(C)=O)[C@@H]1OC(C)=O. The van der Waals surface area contributed by atoms with Crippen molar-refractivity contribution in [3.8, 4) is 0 Å². The van der Waals surface area contributed by atoms with Crippen molar-refractivity contribution in [2.75, 3.05) is 6.61 Å². The van der Waals surface area contributed by atoms with Crippen molar-refractivity contribution in [2.24, 2.45) is 16.7 Å². The smallest absolute Gasteiger partial charge is 0.303 e. The van der Waals surface area contributed by atoms with Crippen LogP contribution in [0.2, 0.25) is 0 Å². The summed E-state index contributed by atoms with van der Waals surface area (Å²) in [5, 5.41) is 0. The Morgan fingerprint density at radius 2 is 1.64 bits per heavy atom. The van der Waals surface area contributed by atoms with Gasteiger partial charge >= 0.3 is 17.9 Å². The zero-order valence-electron chi connectivity index (χ0n) is 19.6. The first-order chi connectivity index (χ1) is 15.6. The highest BCUT2D eigenvalue weighted by atomic mass is 127. The van der Waals surface area contributed by atoms with Gasteiger partial charge in [-0.05, 0) is 44.4 Å². The van der Waals surface area contributed by atoms with Gasteiger partial charge < -0.3 is 23.7 Å². The third-order valence-corrected chi connectivity index (χ3v) is 8.74. The van der Waals surface area contributed by atoms with E-state index in [0.29, 0.717) is 0 Å². The quantitative estimate of drug-likeness (QED) is 0.283. The van der Waals surface area contributed by atoms with Crippen molar-refractivity contribution in [1.82, 2.24) is 0 Å². The summed E-state index contributed by atoms with van der Waals surface area (Å²) in [5.41, 5.74) is -0.493. The summed E-state index contributed by atoms with van der Waals surface area (Å²) in [6.07, 6.45) is 5.41. The minimum Gasteiger partial charge on any atom is -0.463 e. The first-order valence-electron chi connectivity index (χ1n) is 11.7. The van der Waals surface area contributed by atoms with E-state index in [4.69, 9.17) is 23.7 Å². The van der Waals surface area contributed by atoms with Gasteiger partial charge in [-0.15, -0.1) is 0 Å². The molecule has 0 amide bonds. The van der Waals surface area contributed by atoms with Crippen LogP contribution in [-0.2, 0) is 38.1 Å². The highest BCUT2D eigenvalue weighted by Crippen LogP contribution is 2.67. The van der Waals surface area contributed by atoms with Crippen molar-refractivity contribution in [2.45, 2.75) is 96.9 Å². The Kier molecular flexibility index (Phi) is 7.13. The first kappa shape index (κ1) is 24.9. The maximum Gasteiger partial charge on any atom is 0.303 e. The van der Waals surface area contributed by atoms with Gasteiger partial charge in [-0.25, -0.2) is 0 Å². The average molecular weight is 576 g/mol. The molecule has 8 nitrogen and oxygen atoms in total. The molecule has 33 heavy (non-hydrogen) atoms. The number of ether oxygens (including phenoxy) is 5. The molecule has 3 fully saturated rings. The van der Waals surface area contributed by atoms with Gasteiger partial charge in [0.15, 0.2) is 12.4 Å². The third-order valence-electron chi connectivity index (χ3n) is 7.99. The van der Waals surface area contributed by atoms with E-state index in [1.54, 1.807) is 0 Å². The molecule has 7 atom stereocenters. The summed E-state index contributed by atoms with van der Waals surface area (Å²) in [6, 6.07) is 0. The van der Waals surface area contributed by atoms with Crippen LogP contribution >= 0.6 is 22.6 Å². The van der Waals surface area contributed by atoms with Crippen LogP contribution < -0.4 is 0 Å². The van der Waals surface area contributed by atoms with E-state index < -0.39 is 42.5 Å². The normalized spacial score (nSPS) is 39.1. The van der Waals surface area contributed by atoms with Crippen LogP contribution in [0.1, 0.15) is 66.2 Å². The Labute approximate surface area is 208 Å². The van der Waals surface area contributed by atoms with Crippen LogP contribution in [0.3, 0.4) is 0 Å². The third kappa shape index (κ3) is 4.45. The summed E-state index contributed by atoms with van der Waals surface area (Å²) in [4.78, 5) is 35.8. The van der Waals surface area contributed by atoms with Crippen LogP contribution in [-0.4, -0.2) is 55.2 Å². The summed E-state index contributed by atoms with van der Waals surface area (Å²) >= 11 is 2.40. The van der Waals surface area contributed by atoms with E-state index in [1.807, 2.05) is 0 Å². The van der Waals surface area contributed by atoms with Crippen molar-refractivity contribution < 1.29 is 38.1 Å². The minimum atomic E-state index is -0.906. The highest BCUT2D eigenvalue weighted by Gasteiger charge is 2.70. The lowest BCUT2D eigenvalue weighted by Crippen LogP contribution is -2.63. The lowest BCUT2D eigenvalue weighted by molar-refractivity contribution is -0.277. The van der Waals surface area contributed by atoms with Gasteiger partial charge in [-0.2, -0.15) is 0 Å². The standard InChI is InChI=1S/C24H33IO8/c1-13(26)29-12-17-20(30-14(2)27)21(31-15(3)28)19-22(32-17)33-18-10-16(25)11-24(23(18,19)4)8-6-5-7-9-24/h11,17-22H,5-10,12H2,1-4H3/t17-,18+,19-,20-,21-,22-,23+/m1/s1. The molecule has 2 aliphatic carbocycles. The molecule has 2 aliphatic heterocycles. The molecule has 0 aromatic carbocycles. The Hall–Kier alpha value is -1.20. The average Bonchev–Trinajstić information content (AvgIpc) is 3.01. The maximum absolute atomic E-state index is 12.2. The molecule has 0 radical (unpaired) electrons. The van der Waals surface area contributed by atoms with Crippen LogP contribution in [0.4, 0.5) is 0 Å². The predicted molar refractivity (Wildman–Crippen MR) is 125 cm³/mol. The van der Waals surface area contributed by atoms with Gasteiger partial charge in [0, 0.05) is 32.6 Å². The fourth-order valence-electron chi connectivity index (χ4n) is 6.63. The monoisotopic (exact) mass is 576 g/mol. The van der Waals surface area contributed by atoms with Gasteiger partial charge in [0.2, 0.25) is 0 Å². The number of carbonyl (C=O) groups is 3. The number of halogens is 1. The lowest BCUT2D eigenvalue weighted by Gasteiger charge is -2.57. The van der Waals surface area contributed by atoms with E-state index in [0.717, 1.165) is 32.1 Å². The molecule has 1 spiro atoms. The molecule has 0 N–H and O–H groups in total. The molecule has 0 aromatic heterocycles. The van der Waals surface area contributed by atoms with Gasteiger partial charge in [0.25, 0.3) is 0 Å². The van der Waals surface area contributed by atoms with Crippen LogP contribution in [0.5, 0.6) is 0 Å². The Bertz CT molecular complexity index is 834. The first-order valence-corrected chi connectivity index (χ1v) is 12.8. The zero-order valence-corrected chi connectivity index (χ0v) is 21.8. The molecule has 2 heterocycles. The van der Waals surface area contributed by atoms with Crippen LogP contribution in [0.15, 0.2) is 9.66 Å². The summed E-state index contributed by atoms with van der Waals surface area (Å²) < 4.78 is 30.9. The Morgan fingerprint density at radius 3 is 2.24 bits per heavy atom. The lowest BCUT2D eigenvalue weighted by atomic mass is 9.48. The largest absolute Gasteiger partial charge is 0.463 e. The molecule has 1 saturated carbocycles. The van der Waals surface area contributed by atoms with Gasteiger partial charge in [0.1, 0.15) is 18.8 Å². The molecule has 4 aliphatic rings. The second-order valence-corrected chi connectivity index (χ2v) is 11.3. The number of carbonyl (C=O) groups excluding carboxylic acids is 3. The maximum atomic E-state index is 12.2. The van der Waals surface area contributed by atoms with E-state index in [1.165, 1.54) is 30.8 Å². The summed E-state index contributed by atoms with van der Waals surface area (Å²) in [5.74, 6) is -1.78. The van der Waals surface area contributed by atoms with Gasteiger partial charge in [0.05, 0.1) is 12.0 Å². The number of allylic oxidation sites excluding steroid dienone is 1. The predicted octanol–water partition coefficient (Wildman–Crippen LogP) is 3.83. The molecule has 9 heteroatoms. The number of hydrogen-bond acceptors (Lipinski definition) is 8. The molecule has 4 rings (SSSR count). The van der Waals surface area contributed by atoms with E-state index >= 15 is 0 Å². The van der Waals surface area contributed by atoms with Gasteiger partial charge in [-0.3, -0.25) is 14.4 Å². The minimum absolute atomic E-state index is 0.116. The highest BCUT2D eigenvalue weighted by molar-refractivity contribution is 14.1. The van der Waals surface area contributed by atoms with Crippen molar-refractivity contribution >= 4 is 40.5 Å². The summed E-state index contributed by atoms with van der Waals surface area (Å²) in [7, 11) is 0. The molecular formula is C24H33IO8. The van der Waals surface area contributed by atoms with Crippen molar-refractivity contribution in [3.05, 3.63) is 9.66 Å². The van der Waals surface area contributed by atoms with Gasteiger partial charge in [-0.1, -0.05) is 32.3 Å². The zero-order chi connectivity index (χ0) is 24.0. The molecular weight excluding hydrogens is 543 g/mol. The second kappa shape index (κ2) is 9.45. The summed E-state index contributed by atoms with van der Waals surface area (Å²) in [6.45, 7) is 6.07. The van der Waals surface area contributed by atoms with Crippen LogP contribution in [0.25, 0.3) is 0 Å². The van der Waals surface area contributed by atoms with Crippen molar-refractivity contribution in [3.63, 3.8) is 0 Å². The molecule has 0 aromatic rings. The van der Waals surface area contributed by atoms with Crippen LogP contribution in [0, 0.1) is 16.7 Å². The van der Waals surface area contributed by atoms with E-state index in [9.17, 15) is 14.4 Å². The topological polar surface area (TPSA) is 97.4 Å².